The van der Waals surface area contributed by atoms with Crippen LogP contribution in [0.2, 0.25) is 0 Å². The summed E-state index contributed by atoms with van der Waals surface area (Å²) in [5, 5.41) is 0. The number of hydrogen-bond donors (Lipinski definition) is 0. The summed E-state index contributed by atoms with van der Waals surface area (Å²) in [6.07, 6.45) is -5.11. The van der Waals surface area contributed by atoms with E-state index in [1.165, 1.54) is 20.8 Å². The van der Waals surface area contributed by atoms with E-state index in [0.29, 0.717) is 0 Å². The van der Waals surface area contributed by atoms with E-state index in [1.54, 1.807) is 0 Å². The van der Waals surface area contributed by atoms with Crippen molar-refractivity contribution >= 4 is 19.4 Å². The second-order valence-corrected chi connectivity index (χ2v) is 4.62. The maximum absolute atomic E-state index is 12.6. The molecule has 0 fully saturated rings. The van der Waals surface area contributed by atoms with Crippen LogP contribution in [0.5, 0.6) is 0 Å². The van der Waals surface area contributed by atoms with Crippen LogP contribution in [-0.2, 0) is 23.1 Å². The summed E-state index contributed by atoms with van der Waals surface area (Å²) in [4.78, 5) is 11.2. The minimum absolute atomic E-state index is 0.186. The average Bonchev–Trinajstić information content (AvgIpc) is 2.25. The summed E-state index contributed by atoms with van der Waals surface area (Å²) in [5.74, 6) is -1.73. The topological polar surface area (TPSA) is 74.2 Å². The van der Waals surface area contributed by atoms with E-state index in [0.717, 1.165) is 0 Å². The van der Waals surface area contributed by atoms with Gasteiger partial charge in [-0.05, 0) is 20.8 Å². The van der Waals surface area contributed by atoms with Crippen LogP contribution in [0.3, 0.4) is 0 Å². The van der Waals surface area contributed by atoms with Gasteiger partial charge in [-0.1, -0.05) is 0 Å². The monoisotopic (exact) mass is 305 g/mol. The van der Waals surface area contributed by atoms with E-state index in [9.17, 15) is 22.5 Å². The number of alkyl halides is 3. The van der Waals surface area contributed by atoms with Crippen molar-refractivity contribution in [1.82, 2.24) is 0 Å². The smallest absolute Gasteiger partial charge is 0.454 e. The minimum Gasteiger partial charge on any atom is -0.461 e. The molecule has 0 spiro atoms. The van der Waals surface area contributed by atoms with Crippen LogP contribution >= 0.6 is 7.75 Å². The summed E-state index contributed by atoms with van der Waals surface area (Å²) in [6.45, 7) is 3.49. The fourth-order valence-corrected chi connectivity index (χ4v) is 2.24. The molecule has 0 amide bonds. The molecule has 19 heavy (non-hydrogen) atoms. The Kier molecular flexibility index (Phi) is 7.25. The van der Waals surface area contributed by atoms with Crippen LogP contribution in [0.4, 0.5) is 13.2 Å². The molecule has 0 aromatic carbocycles. The Morgan fingerprint density at radius 3 is 1.89 bits per heavy atom. The van der Waals surface area contributed by atoms with Crippen LogP contribution in [0.15, 0.2) is 4.76 Å². The molecule has 0 radical (unpaired) electrons. The Morgan fingerprint density at radius 2 is 1.58 bits per heavy atom. The van der Waals surface area contributed by atoms with Crippen LogP contribution in [0, 0.1) is 0 Å². The lowest BCUT2D eigenvalue weighted by Crippen LogP contribution is -2.32. The molecule has 0 aliphatic carbocycles. The van der Waals surface area contributed by atoms with Gasteiger partial charge in [0.05, 0.1) is 19.8 Å². The molecule has 0 heterocycles. The van der Waals surface area contributed by atoms with Crippen LogP contribution < -0.4 is 0 Å². The Labute approximate surface area is 108 Å². The lowest BCUT2D eigenvalue weighted by atomic mass is 10.4. The van der Waals surface area contributed by atoms with Gasteiger partial charge in [-0.3, -0.25) is 9.05 Å². The highest BCUT2D eigenvalue weighted by molar-refractivity contribution is 7.52. The SMILES string of the molecule is CCOC(=O)/C(=N\P(=O)(OCC)OCC)C(F)(F)F. The largest absolute Gasteiger partial charge is 0.461 e. The third kappa shape index (κ3) is 6.17. The molecule has 0 saturated heterocycles. The third-order valence-corrected chi connectivity index (χ3v) is 3.16. The standard InChI is InChI=1S/C9H15F3NO5P/c1-4-16-8(14)7(9(10,11)12)13-19(15,17-5-2)18-6-3/h4-6H2,1-3H3/b13-7+. The van der Waals surface area contributed by atoms with Gasteiger partial charge >= 0.3 is 19.9 Å². The number of ether oxygens (including phenoxy) is 1. The lowest BCUT2D eigenvalue weighted by Gasteiger charge is -2.15. The molecule has 0 atom stereocenters. The molecule has 0 aromatic heterocycles. The number of nitrogens with zero attached hydrogens (tertiary/aromatic N) is 1. The highest BCUT2D eigenvalue weighted by Gasteiger charge is 2.45. The fraction of sp³-hybridized carbons (Fsp3) is 0.778. The van der Waals surface area contributed by atoms with Crippen molar-refractivity contribution in [1.29, 1.82) is 0 Å². The van der Waals surface area contributed by atoms with Crippen molar-refractivity contribution < 1.29 is 36.3 Å². The van der Waals surface area contributed by atoms with Crippen molar-refractivity contribution in [3.63, 3.8) is 0 Å². The van der Waals surface area contributed by atoms with E-state index in [4.69, 9.17) is 0 Å². The van der Waals surface area contributed by atoms with E-state index >= 15 is 0 Å². The van der Waals surface area contributed by atoms with Gasteiger partial charge in [0.2, 0.25) is 5.71 Å². The van der Waals surface area contributed by atoms with Crippen molar-refractivity contribution in [2.24, 2.45) is 4.76 Å². The van der Waals surface area contributed by atoms with Gasteiger partial charge in [0, 0.05) is 0 Å². The Morgan fingerprint density at radius 1 is 1.11 bits per heavy atom. The molecular weight excluding hydrogens is 290 g/mol. The van der Waals surface area contributed by atoms with Gasteiger partial charge in [0.1, 0.15) is 0 Å². The fourth-order valence-electron chi connectivity index (χ4n) is 0.956. The number of rotatable bonds is 7. The maximum atomic E-state index is 12.6. The average molecular weight is 305 g/mol. The lowest BCUT2D eigenvalue weighted by molar-refractivity contribution is -0.139. The molecule has 0 aliphatic rings. The molecule has 0 saturated carbocycles. The first-order valence-corrected chi connectivity index (χ1v) is 6.93. The van der Waals surface area contributed by atoms with Gasteiger partial charge in [-0.25, -0.2) is 9.36 Å². The van der Waals surface area contributed by atoms with Crippen LogP contribution in [0.1, 0.15) is 20.8 Å². The molecule has 0 aromatic rings. The van der Waals surface area contributed by atoms with E-state index < -0.39 is 25.6 Å². The Balaban J connectivity index is 5.50. The molecule has 0 N–H and O–H groups in total. The van der Waals surface area contributed by atoms with Crippen molar-refractivity contribution in [2.45, 2.75) is 26.9 Å². The summed E-state index contributed by atoms with van der Waals surface area (Å²) < 4.78 is 65.9. The van der Waals surface area contributed by atoms with Gasteiger partial charge in [-0.2, -0.15) is 17.9 Å². The summed E-state index contributed by atoms with van der Waals surface area (Å²) in [5.41, 5.74) is -1.94. The van der Waals surface area contributed by atoms with Crippen LogP contribution in [-0.4, -0.2) is 37.7 Å². The second-order valence-electron chi connectivity index (χ2n) is 2.97. The number of carbonyl (C=O) groups is 1. The number of esters is 1. The Hall–Kier alpha value is -0.920. The van der Waals surface area contributed by atoms with Gasteiger partial charge < -0.3 is 4.74 Å². The molecule has 10 heteroatoms. The molecular formula is C9H15F3NO5P. The summed E-state index contributed by atoms with van der Waals surface area (Å²) >= 11 is 0. The molecule has 0 bridgehead atoms. The minimum atomic E-state index is -5.11. The Bertz CT molecular complexity index is 373. The highest BCUT2D eigenvalue weighted by atomic mass is 31.2. The number of halogens is 3. The molecule has 112 valence electrons. The number of hydrogen-bond acceptors (Lipinski definition) is 5. The first kappa shape index (κ1) is 18.1. The summed E-state index contributed by atoms with van der Waals surface area (Å²) in [6, 6.07) is 0. The zero-order valence-corrected chi connectivity index (χ0v) is 11.6. The summed E-state index contributed by atoms with van der Waals surface area (Å²) in [7, 11) is -4.38. The van der Waals surface area contributed by atoms with Crippen LogP contribution in [0.25, 0.3) is 0 Å². The molecule has 0 aliphatic heterocycles. The second kappa shape index (κ2) is 7.62. The van der Waals surface area contributed by atoms with Gasteiger partial charge in [-0.15, -0.1) is 0 Å². The quantitative estimate of drug-likeness (QED) is 0.411. The van der Waals surface area contributed by atoms with Crippen molar-refractivity contribution in [3.8, 4) is 0 Å². The van der Waals surface area contributed by atoms with E-state index in [-0.39, 0.29) is 19.8 Å². The first-order valence-electron chi connectivity index (χ1n) is 5.43. The third-order valence-electron chi connectivity index (χ3n) is 1.54. The zero-order chi connectivity index (χ0) is 15.1. The normalized spacial score (nSPS) is 13.5. The predicted molar refractivity (Wildman–Crippen MR) is 61.0 cm³/mol. The molecule has 6 nitrogen and oxygen atoms in total. The van der Waals surface area contributed by atoms with Crippen molar-refractivity contribution in [2.75, 3.05) is 19.8 Å². The highest BCUT2D eigenvalue weighted by Crippen LogP contribution is 2.50. The van der Waals surface area contributed by atoms with Crippen molar-refractivity contribution in [3.05, 3.63) is 0 Å². The first-order chi connectivity index (χ1) is 8.70. The zero-order valence-electron chi connectivity index (χ0n) is 10.7. The number of carbonyl (C=O) groups excluding carboxylic acids is 1. The maximum Gasteiger partial charge on any atom is 0.454 e. The predicted octanol–water partition coefficient (Wildman–Crippen LogP) is 2.73. The van der Waals surface area contributed by atoms with E-state index in [2.05, 4.69) is 18.5 Å². The molecule has 0 unspecified atom stereocenters. The van der Waals surface area contributed by atoms with Gasteiger partial charge in [0.25, 0.3) is 0 Å². The van der Waals surface area contributed by atoms with E-state index in [1.807, 2.05) is 0 Å². The van der Waals surface area contributed by atoms with Gasteiger partial charge in [0.15, 0.2) is 0 Å². The molecule has 0 rings (SSSR count).